The van der Waals surface area contributed by atoms with Gasteiger partial charge < -0.3 is 4.74 Å². The van der Waals surface area contributed by atoms with E-state index in [1.165, 1.54) is 36.4 Å². The summed E-state index contributed by atoms with van der Waals surface area (Å²) in [5, 5.41) is 0. The highest BCUT2D eigenvalue weighted by atomic mass is 32.2. The quantitative estimate of drug-likeness (QED) is 0.786. The summed E-state index contributed by atoms with van der Waals surface area (Å²) in [6.45, 7) is 3.31. The molecule has 4 heteroatoms. The number of ether oxygens (including phenoxy) is 1. The number of benzene rings is 1. The van der Waals surface area contributed by atoms with Crippen LogP contribution >= 0.6 is 11.8 Å². The number of rotatable bonds is 2. The number of esters is 1. The van der Waals surface area contributed by atoms with Gasteiger partial charge in [-0.2, -0.15) is 0 Å². The lowest BCUT2D eigenvalue weighted by molar-refractivity contribution is -0.160. The third-order valence-corrected chi connectivity index (χ3v) is 6.23. The number of carbonyl (C=O) groups excluding carboxylic acids is 1. The Hall–Kier alpha value is -1.00. The summed E-state index contributed by atoms with van der Waals surface area (Å²) in [6, 6.07) is 8.28. The van der Waals surface area contributed by atoms with E-state index in [9.17, 15) is 4.79 Å². The average Bonchev–Trinajstić information content (AvgIpc) is 2.55. The van der Waals surface area contributed by atoms with E-state index in [2.05, 4.69) is 17.0 Å². The Morgan fingerprint density at radius 2 is 2.00 bits per heavy atom. The molecule has 3 nitrogen and oxygen atoms in total. The van der Waals surface area contributed by atoms with Crippen molar-refractivity contribution in [2.24, 2.45) is 5.92 Å². The first kappa shape index (κ1) is 13.6. The molecular weight excluding hydrogens is 282 g/mol. The molecule has 0 spiro atoms. The zero-order valence-corrected chi connectivity index (χ0v) is 13.0. The van der Waals surface area contributed by atoms with Crippen LogP contribution < -0.4 is 0 Å². The van der Waals surface area contributed by atoms with E-state index in [4.69, 9.17) is 4.74 Å². The van der Waals surface area contributed by atoms with E-state index in [1.807, 2.05) is 23.9 Å². The van der Waals surface area contributed by atoms with Gasteiger partial charge in [0.05, 0.1) is 5.92 Å². The van der Waals surface area contributed by atoms with Crippen LogP contribution in [0.1, 0.15) is 30.7 Å². The predicted octanol–water partition coefficient (Wildman–Crippen LogP) is 2.90. The van der Waals surface area contributed by atoms with Gasteiger partial charge in [-0.05, 0) is 55.7 Å². The monoisotopic (exact) mass is 303 g/mol. The summed E-state index contributed by atoms with van der Waals surface area (Å²) in [5.74, 6) is 1.54. The molecule has 4 heterocycles. The molecule has 4 aliphatic rings. The van der Waals surface area contributed by atoms with Gasteiger partial charge in [-0.15, -0.1) is 11.8 Å². The van der Waals surface area contributed by atoms with Crippen LogP contribution in [0, 0.1) is 5.92 Å². The minimum absolute atomic E-state index is 0.00139. The molecule has 3 fully saturated rings. The number of nitrogens with zero attached hydrogens (tertiary/aromatic N) is 1. The van der Waals surface area contributed by atoms with Crippen molar-refractivity contribution in [3.63, 3.8) is 0 Å². The first-order valence-electron chi connectivity index (χ1n) is 7.96. The van der Waals surface area contributed by atoms with E-state index in [-0.39, 0.29) is 18.0 Å². The smallest absolute Gasteiger partial charge is 0.313 e. The molecule has 0 aliphatic carbocycles. The van der Waals surface area contributed by atoms with Crippen LogP contribution in [-0.2, 0) is 9.53 Å². The zero-order chi connectivity index (χ0) is 14.2. The second kappa shape index (κ2) is 5.65. The fourth-order valence-corrected chi connectivity index (χ4v) is 4.99. The maximum absolute atomic E-state index is 12.7. The van der Waals surface area contributed by atoms with Gasteiger partial charge in [0.1, 0.15) is 6.10 Å². The van der Waals surface area contributed by atoms with Gasteiger partial charge in [0.2, 0.25) is 0 Å². The predicted molar refractivity (Wildman–Crippen MR) is 83.6 cm³/mol. The second-order valence-electron chi connectivity index (χ2n) is 6.34. The summed E-state index contributed by atoms with van der Waals surface area (Å²) >= 11 is 1.85. The summed E-state index contributed by atoms with van der Waals surface area (Å²) in [7, 11) is 0. The molecule has 5 rings (SSSR count). The second-order valence-corrected chi connectivity index (χ2v) is 7.48. The molecule has 0 amide bonds. The number of piperidine rings is 3. The van der Waals surface area contributed by atoms with Crippen molar-refractivity contribution in [3.8, 4) is 0 Å². The molecule has 2 bridgehead atoms. The number of carbonyl (C=O) groups is 1. The Morgan fingerprint density at radius 1 is 1.19 bits per heavy atom. The van der Waals surface area contributed by atoms with E-state index < -0.39 is 0 Å². The lowest BCUT2D eigenvalue weighted by Crippen LogP contribution is -2.52. The molecule has 3 saturated heterocycles. The van der Waals surface area contributed by atoms with Crippen LogP contribution in [0.3, 0.4) is 0 Å². The molecule has 0 saturated carbocycles. The number of hydrogen-bond acceptors (Lipinski definition) is 4. The Bertz CT molecular complexity index is 539. The Kier molecular flexibility index (Phi) is 3.67. The van der Waals surface area contributed by atoms with E-state index in [0.717, 1.165) is 18.7 Å². The molecule has 2 atom stereocenters. The van der Waals surface area contributed by atoms with Crippen molar-refractivity contribution < 1.29 is 9.53 Å². The number of fused-ring (bicyclic) bond motifs is 4. The van der Waals surface area contributed by atoms with Crippen LogP contribution in [-0.4, -0.2) is 42.4 Å². The lowest BCUT2D eigenvalue weighted by Gasteiger charge is -2.44. The largest absolute Gasteiger partial charge is 0.460 e. The van der Waals surface area contributed by atoms with Gasteiger partial charge in [0.25, 0.3) is 0 Å². The minimum Gasteiger partial charge on any atom is -0.460 e. The molecule has 21 heavy (non-hydrogen) atoms. The molecular formula is C17H21NO2S. The average molecular weight is 303 g/mol. The lowest BCUT2D eigenvalue weighted by atomic mass is 9.85. The normalized spacial score (nSPS) is 34.3. The van der Waals surface area contributed by atoms with E-state index >= 15 is 0 Å². The van der Waals surface area contributed by atoms with Crippen molar-refractivity contribution in [1.29, 1.82) is 0 Å². The first-order chi connectivity index (χ1) is 10.3. The van der Waals surface area contributed by atoms with Crippen LogP contribution in [0.15, 0.2) is 29.2 Å². The Morgan fingerprint density at radius 3 is 2.76 bits per heavy atom. The summed E-state index contributed by atoms with van der Waals surface area (Å²) in [4.78, 5) is 16.3. The maximum Gasteiger partial charge on any atom is 0.313 e. The Labute approximate surface area is 130 Å². The van der Waals surface area contributed by atoms with Crippen molar-refractivity contribution in [2.75, 3.05) is 25.4 Å². The van der Waals surface area contributed by atoms with Crippen LogP contribution in [0.25, 0.3) is 0 Å². The van der Waals surface area contributed by atoms with E-state index in [1.54, 1.807) is 0 Å². The number of thioether (sulfide) groups is 1. The fourth-order valence-electron chi connectivity index (χ4n) is 3.86. The zero-order valence-electron chi connectivity index (χ0n) is 12.2. The van der Waals surface area contributed by atoms with Crippen LogP contribution in [0.2, 0.25) is 0 Å². The highest BCUT2D eigenvalue weighted by Crippen LogP contribution is 2.39. The SMILES string of the molecule is O=C(OC1CN2CCC1CC2)C1CCSc2ccccc21. The molecule has 1 aromatic carbocycles. The Balaban J connectivity index is 1.49. The molecule has 112 valence electrons. The van der Waals surface area contributed by atoms with Gasteiger partial charge in [-0.25, -0.2) is 0 Å². The molecule has 4 aliphatic heterocycles. The standard InChI is InChI=1S/C17H21NO2S/c19-17(20-15-11-18-8-5-12(15)6-9-18)14-7-10-21-16-4-2-1-3-13(14)16/h1-4,12,14-15H,5-11H2. The van der Waals surface area contributed by atoms with Gasteiger partial charge in [0.15, 0.2) is 0 Å². The highest BCUT2D eigenvalue weighted by Gasteiger charge is 2.38. The summed E-state index contributed by atoms with van der Waals surface area (Å²) < 4.78 is 5.93. The molecule has 0 radical (unpaired) electrons. The highest BCUT2D eigenvalue weighted by molar-refractivity contribution is 7.99. The van der Waals surface area contributed by atoms with Crippen molar-refractivity contribution in [3.05, 3.63) is 29.8 Å². The van der Waals surface area contributed by atoms with Crippen LogP contribution in [0.5, 0.6) is 0 Å². The minimum atomic E-state index is -0.0575. The van der Waals surface area contributed by atoms with Gasteiger partial charge in [0, 0.05) is 11.4 Å². The topological polar surface area (TPSA) is 29.5 Å². The maximum atomic E-state index is 12.7. The summed E-state index contributed by atoms with van der Waals surface area (Å²) in [6.07, 6.45) is 3.41. The van der Waals surface area contributed by atoms with E-state index in [0.29, 0.717) is 5.92 Å². The number of hydrogen-bond donors (Lipinski definition) is 0. The third-order valence-electron chi connectivity index (χ3n) is 5.11. The molecule has 0 N–H and O–H groups in total. The van der Waals surface area contributed by atoms with Crippen LogP contribution in [0.4, 0.5) is 0 Å². The fraction of sp³-hybridized carbons (Fsp3) is 0.588. The molecule has 1 aromatic rings. The van der Waals surface area contributed by atoms with Gasteiger partial charge in [-0.1, -0.05) is 18.2 Å². The van der Waals surface area contributed by atoms with Gasteiger partial charge >= 0.3 is 5.97 Å². The van der Waals surface area contributed by atoms with Gasteiger partial charge in [-0.3, -0.25) is 9.69 Å². The summed E-state index contributed by atoms with van der Waals surface area (Å²) in [5.41, 5.74) is 1.17. The first-order valence-corrected chi connectivity index (χ1v) is 8.94. The van der Waals surface area contributed by atoms with Crippen molar-refractivity contribution in [1.82, 2.24) is 4.90 Å². The molecule has 2 unspecified atom stereocenters. The molecule has 0 aromatic heterocycles. The third kappa shape index (κ3) is 2.59. The van der Waals surface area contributed by atoms with Crippen molar-refractivity contribution in [2.45, 2.75) is 36.2 Å². The van der Waals surface area contributed by atoms with Crippen molar-refractivity contribution >= 4 is 17.7 Å².